The van der Waals surface area contributed by atoms with Gasteiger partial charge in [-0.15, -0.1) is 0 Å². The van der Waals surface area contributed by atoms with Crippen molar-refractivity contribution in [2.24, 2.45) is 5.73 Å². The molecule has 100 valence electrons. The Labute approximate surface area is 109 Å². The lowest BCUT2D eigenvalue weighted by atomic mass is 10.1. The van der Waals surface area contributed by atoms with Gasteiger partial charge in [-0.1, -0.05) is 6.07 Å². The van der Waals surface area contributed by atoms with Crippen LogP contribution in [0.1, 0.15) is 31.9 Å². The molecule has 0 saturated heterocycles. The molecule has 4 nitrogen and oxygen atoms in total. The topological polar surface area (TPSA) is 59.2 Å². The zero-order valence-electron chi connectivity index (χ0n) is 11.3. The highest BCUT2D eigenvalue weighted by atomic mass is 16.2. The third kappa shape index (κ3) is 5.77. The number of likely N-dealkylation sites (N-methyl/N-ethyl adjacent to an activating group) is 1. The highest BCUT2D eigenvalue weighted by Crippen LogP contribution is 2.03. The summed E-state index contributed by atoms with van der Waals surface area (Å²) in [6.07, 6.45) is 4.93. The molecule has 2 N–H and O–H groups in total. The highest BCUT2D eigenvalue weighted by Gasteiger charge is 2.08. The van der Waals surface area contributed by atoms with Crippen molar-refractivity contribution in [2.75, 3.05) is 13.6 Å². The van der Waals surface area contributed by atoms with E-state index in [0.717, 1.165) is 25.0 Å². The van der Waals surface area contributed by atoms with Crippen molar-refractivity contribution in [3.63, 3.8) is 0 Å². The molecule has 0 aliphatic carbocycles. The zero-order chi connectivity index (χ0) is 13.4. The fourth-order valence-electron chi connectivity index (χ4n) is 1.72. The average Bonchev–Trinajstić information content (AvgIpc) is 2.36. The number of hydrogen-bond donors (Lipinski definition) is 1. The molecule has 0 aliphatic rings. The minimum absolute atomic E-state index is 0.177. The van der Waals surface area contributed by atoms with Gasteiger partial charge in [0.05, 0.1) is 0 Å². The molecular formula is C14H23N3O. The number of carbonyl (C=O) groups is 1. The monoisotopic (exact) mass is 249 g/mol. The lowest BCUT2D eigenvalue weighted by molar-refractivity contribution is -0.130. The Kier molecular flexibility index (Phi) is 6.36. The third-order valence-corrected chi connectivity index (χ3v) is 2.91. The van der Waals surface area contributed by atoms with Crippen LogP contribution >= 0.6 is 0 Å². The van der Waals surface area contributed by atoms with E-state index in [1.807, 2.05) is 32.2 Å². The number of rotatable bonds is 7. The van der Waals surface area contributed by atoms with Crippen molar-refractivity contribution in [3.05, 3.63) is 30.1 Å². The summed E-state index contributed by atoms with van der Waals surface area (Å²) >= 11 is 0. The van der Waals surface area contributed by atoms with Crippen molar-refractivity contribution >= 4 is 5.91 Å². The first-order chi connectivity index (χ1) is 8.59. The van der Waals surface area contributed by atoms with Crippen LogP contribution in [0.4, 0.5) is 0 Å². The predicted octanol–water partition coefficient (Wildman–Crippen LogP) is 1.60. The fraction of sp³-hybridized carbons (Fsp3) is 0.571. The van der Waals surface area contributed by atoms with Gasteiger partial charge in [0, 0.05) is 44.4 Å². The molecule has 4 heteroatoms. The summed E-state index contributed by atoms with van der Waals surface area (Å²) in [6.45, 7) is 2.68. The van der Waals surface area contributed by atoms with Crippen molar-refractivity contribution in [2.45, 2.75) is 38.6 Å². The summed E-state index contributed by atoms with van der Waals surface area (Å²) in [5.74, 6) is 0.187. The molecule has 1 amide bonds. The first-order valence-corrected chi connectivity index (χ1v) is 6.49. The maximum atomic E-state index is 11.8. The van der Waals surface area contributed by atoms with E-state index in [0.29, 0.717) is 13.0 Å². The van der Waals surface area contributed by atoms with E-state index < -0.39 is 0 Å². The number of carbonyl (C=O) groups excluding carboxylic acids is 1. The molecule has 0 fully saturated rings. The van der Waals surface area contributed by atoms with Crippen LogP contribution in [-0.4, -0.2) is 35.4 Å². The molecule has 18 heavy (non-hydrogen) atoms. The fourth-order valence-corrected chi connectivity index (χ4v) is 1.72. The SMILES string of the molecule is CC(N)CCCC(=O)N(C)CCc1ccccn1. The molecule has 1 heterocycles. The molecule has 0 aliphatic heterocycles. The summed E-state index contributed by atoms with van der Waals surface area (Å²) in [4.78, 5) is 17.8. The van der Waals surface area contributed by atoms with Gasteiger partial charge in [0.1, 0.15) is 0 Å². The Bertz CT molecular complexity index is 351. The Hall–Kier alpha value is -1.42. The quantitative estimate of drug-likeness (QED) is 0.798. The molecule has 1 atom stereocenters. The normalized spacial score (nSPS) is 12.2. The van der Waals surface area contributed by atoms with Crippen LogP contribution in [-0.2, 0) is 11.2 Å². The summed E-state index contributed by atoms with van der Waals surface area (Å²) in [6, 6.07) is 6.02. The van der Waals surface area contributed by atoms with Crippen molar-refractivity contribution in [3.8, 4) is 0 Å². The van der Waals surface area contributed by atoms with Gasteiger partial charge in [-0.25, -0.2) is 0 Å². The molecule has 0 saturated carbocycles. The average molecular weight is 249 g/mol. The van der Waals surface area contributed by atoms with Gasteiger partial charge in [-0.3, -0.25) is 9.78 Å². The molecule has 1 aromatic heterocycles. The van der Waals surface area contributed by atoms with E-state index >= 15 is 0 Å². The van der Waals surface area contributed by atoms with Gasteiger partial charge >= 0.3 is 0 Å². The minimum Gasteiger partial charge on any atom is -0.345 e. The lowest BCUT2D eigenvalue weighted by Crippen LogP contribution is -2.29. The predicted molar refractivity (Wildman–Crippen MR) is 73.1 cm³/mol. The van der Waals surface area contributed by atoms with Gasteiger partial charge in [0.15, 0.2) is 0 Å². The molecule has 1 aromatic rings. The Morgan fingerprint density at radius 1 is 1.50 bits per heavy atom. The minimum atomic E-state index is 0.177. The van der Waals surface area contributed by atoms with Crippen LogP contribution in [0.2, 0.25) is 0 Å². The number of pyridine rings is 1. The van der Waals surface area contributed by atoms with Gasteiger partial charge in [0.2, 0.25) is 5.91 Å². The number of nitrogens with two attached hydrogens (primary N) is 1. The van der Waals surface area contributed by atoms with Crippen LogP contribution < -0.4 is 5.73 Å². The zero-order valence-corrected chi connectivity index (χ0v) is 11.3. The van der Waals surface area contributed by atoms with Crippen LogP contribution in [0.5, 0.6) is 0 Å². The van der Waals surface area contributed by atoms with Gasteiger partial charge in [0.25, 0.3) is 0 Å². The first-order valence-electron chi connectivity index (χ1n) is 6.49. The van der Waals surface area contributed by atoms with Crippen LogP contribution in [0.15, 0.2) is 24.4 Å². The Morgan fingerprint density at radius 3 is 2.89 bits per heavy atom. The number of nitrogens with zero attached hydrogens (tertiary/aromatic N) is 2. The smallest absolute Gasteiger partial charge is 0.222 e. The molecule has 0 aromatic carbocycles. The molecule has 1 unspecified atom stereocenters. The lowest BCUT2D eigenvalue weighted by Gasteiger charge is -2.17. The molecular weight excluding hydrogens is 226 g/mol. The molecule has 0 radical (unpaired) electrons. The second-order valence-corrected chi connectivity index (χ2v) is 4.76. The Balaban J connectivity index is 2.23. The highest BCUT2D eigenvalue weighted by molar-refractivity contribution is 5.75. The third-order valence-electron chi connectivity index (χ3n) is 2.91. The largest absolute Gasteiger partial charge is 0.345 e. The summed E-state index contributed by atoms with van der Waals surface area (Å²) in [7, 11) is 1.84. The number of amides is 1. The maximum Gasteiger partial charge on any atom is 0.222 e. The second-order valence-electron chi connectivity index (χ2n) is 4.76. The summed E-state index contributed by atoms with van der Waals surface area (Å²) in [5.41, 5.74) is 6.68. The second kappa shape index (κ2) is 7.82. The van der Waals surface area contributed by atoms with E-state index in [1.165, 1.54) is 0 Å². The number of aromatic nitrogens is 1. The molecule has 1 rings (SSSR count). The summed E-state index contributed by atoms with van der Waals surface area (Å²) in [5, 5.41) is 0. The molecule has 0 bridgehead atoms. The van der Waals surface area contributed by atoms with Crippen molar-refractivity contribution < 1.29 is 4.79 Å². The van der Waals surface area contributed by atoms with Crippen molar-refractivity contribution in [1.82, 2.24) is 9.88 Å². The number of hydrogen-bond acceptors (Lipinski definition) is 3. The van der Waals surface area contributed by atoms with E-state index in [9.17, 15) is 4.79 Å². The van der Waals surface area contributed by atoms with E-state index in [2.05, 4.69) is 4.98 Å². The van der Waals surface area contributed by atoms with Gasteiger partial charge in [-0.2, -0.15) is 0 Å². The van der Waals surface area contributed by atoms with Gasteiger partial charge in [-0.05, 0) is 31.9 Å². The van der Waals surface area contributed by atoms with Crippen LogP contribution in [0, 0.1) is 0 Å². The molecule has 0 spiro atoms. The van der Waals surface area contributed by atoms with E-state index in [1.54, 1.807) is 11.1 Å². The van der Waals surface area contributed by atoms with E-state index in [-0.39, 0.29) is 11.9 Å². The van der Waals surface area contributed by atoms with Crippen LogP contribution in [0.25, 0.3) is 0 Å². The Morgan fingerprint density at radius 2 is 2.28 bits per heavy atom. The first kappa shape index (κ1) is 14.6. The van der Waals surface area contributed by atoms with E-state index in [4.69, 9.17) is 5.73 Å². The van der Waals surface area contributed by atoms with Gasteiger partial charge < -0.3 is 10.6 Å². The standard InChI is InChI=1S/C14H23N3O/c1-12(15)6-5-8-14(18)17(2)11-9-13-7-3-4-10-16-13/h3-4,7,10,12H,5-6,8-9,11,15H2,1-2H3. The van der Waals surface area contributed by atoms with Crippen molar-refractivity contribution in [1.29, 1.82) is 0 Å². The van der Waals surface area contributed by atoms with Crippen LogP contribution in [0.3, 0.4) is 0 Å². The summed E-state index contributed by atoms with van der Waals surface area (Å²) < 4.78 is 0. The maximum absolute atomic E-state index is 11.8.